The second kappa shape index (κ2) is 42.3. The minimum absolute atomic E-state index is 0.163. The summed E-state index contributed by atoms with van der Waals surface area (Å²) >= 11 is 0. The molecule has 0 heterocycles. The van der Waals surface area contributed by atoms with Crippen LogP contribution in [0.4, 0.5) is 0 Å². The lowest BCUT2D eigenvalue weighted by atomic mass is 9.85. The average molecular weight is 1210 g/mol. The Morgan fingerprint density at radius 2 is 0.523 bits per heavy atom. The Balaban J connectivity index is -0.00000100. The van der Waals surface area contributed by atoms with Gasteiger partial charge in [-0.15, -0.1) is 0 Å². The van der Waals surface area contributed by atoms with E-state index in [9.17, 15) is 9.59 Å². The van der Waals surface area contributed by atoms with Crippen LogP contribution in [-0.4, -0.2) is 77.8 Å². The normalized spacial score (nSPS) is 12.8. The van der Waals surface area contributed by atoms with E-state index in [2.05, 4.69) is 267 Å². The van der Waals surface area contributed by atoms with E-state index < -0.39 is 11.8 Å². The second-order valence-electron chi connectivity index (χ2n) is 36.8. The Morgan fingerprint density at radius 1 is 0.279 bits per heavy atom. The number of carbonyl (C=O) groups excluding carboxylic acids is 2. The lowest BCUT2D eigenvalue weighted by Crippen LogP contribution is -2.41. The maximum atomic E-state index is 11.5. The zero-order chi connectivity index (χ0) is 67.3. The topological polar surface area (TPSA) is 95.1 Å². The zero-order valence-corrected chi connectivity index (χ0v) is 63.0. The maximum absolute atomic E-state index is 11.5. The summed E-state index contributed by atoms with van der Waals surface area (Å²) in [6, 6.07) is 18.2. The molecule has 0 aromatic heterocycles. The number of unbranched alkanes of at least 4 members (excludes halogenated alkanes) is 2. The van der Waals surface area contributed by atoms with Crippen molar-refractivity contribution in [3.05, 3.63) is 70.8 Å². The van der Waals surface area contributed by atoms with Gasteiger partial charge in [-0.2, -0.15) is 0 Å². The molecule has 0 unspecified atom stereocenters. The van der Waals surface area contributed by atoms with Crippen LogP contribution in [0, 0.1) is 54.1 Å². The molecule has 8 heteroatoms. The first-order valence-corrected chi connectivity index (χ1v) is 33.8. The Kier molecular flexibility index (Phi) is 43.0. The van der Waals surface area contributed by atoms with E-state index in [0.717, 1.165) is 77.8 Å². The number of nitrogens with one attached hydrogen (secondary N) is 2. The van der Waals surface area contributed by atoms with E-state index in [1.54, 1.807) is 0 Å². The quantitative estimate of drug-likeness (QED) is 0.0720. The van der Waals surface area contributed by atoms with Crippen molar-refractivity contribution in [2.45, 2.75) is 298 Å². The van der Waals surface area contributed by atoms with Crippen LogP contribution in [0.1, 0.15) is 294 Å². The molecule has 0 aliphatic carbocycles. The first-order chi connectivity index (χ1) is 38.7. The van der Waals surface area contributed by atoms with Crippen molar-refractivity contribution in [2.24, 2.45) is 54.1 Å². The smallest absolute Gasteiger partial charge is 0.309 e. The Hall–Kier alpha value is -2.78. The molecule has 0 saturated carbocycles. The Morgan fingerprint density at radius 3 is 0.779 bits per heavy atom. The van der Waals surface area contributed by atoms with E-state index in [4.69, 9.17) is 18.9 Å². The molecule has 2 aromatic carbocycles. The van der Waals surface area contributed by atoms with Gasteiger partial charge in [-0.3, -0.25) is 9.59 Å². The predicted molar refractivity (Wildman–Crippen MR) is 378 cm³/mol. The summed E-state index contributed by atoms with van der Waals surface area (Å²) < 4.78 is 22.1. The first kappa shape index (κ1) is 87.4. The van der Waals surface area contributed by atoms with E-state index >= 15 is 0 Å². The van der Waals surface area contributed by atoms with Crippen LogP contribution >= 0.6 is 0 Å². The highest BCUT2D eigenvalue weighted by atomic mass is 16.5. The zero-order valence-electron chi connectivity index (χ0n) is 63.0. The largest absolute Gasteiger partial charge is 0.381 e. The van der Waals surface area contributed by atoms with Crippen LogP contribution in [0.3, 0.4) is 0 Å². The highest BCUT2D eigenvalue weighted by molar-refractivity contribution is 6.35. The standard InChI is InChI=1S/C16H34O3.C16H34O.2C16H26.C14H28N2O2/c1-15(2,3)7-9-17-11-13-19-14-12-18-10-8-16(4,5)6;1-15(2,3)11-7-9-13-17-14-10-8-12-16(4,5)6;1-15(2,3)11-13-7-9-14(10-8-13)12-16(4,5)6;1-15(2,3)11-13-8-7-9-14(10-13)12-16(4,5)6;1-13(2,3)7-9-15-11(17)12(18)16-10-8-14(4,5)6/h7-14H2,1-6H3;7-14H2,1-6H3;2*7-10H,11-12H2,1-6H3;7-10H2,1-6H3,(H,15,17)(H,16,18). The Bertz CT molecular complexity index is 1840. The number of hydrogen-bond acceptors (Lipinski definition) is 6. The fourth-order valence-electron chi connectivity index (χ4n) is 8.46. The Labute approximate surface area is 536 Å². The lowest BCUT2D eigenvalue weighted by molar-refractivity contribution is -0.139. The van der Waals surface area contributed by atoms with Crippen molar-refractivity contribution in [1.29, 1.82) is 0 Å². The van der Waals surface area contributed by atoms with Gasteiger partial charge < -0.3 is 29.6 Å². The summed E-state index contributed by atoms with van der Waals surface area (Å²) in [6.45, 7) is 74.6. The van der Waals surface area contributed by atoms with Crippen molar-refractivity contribution in [1.82, 2.24) is 10.6 Å². The maximum Gasteiger partial charge on any atom is 0.309 e. The molecule has 0 aliphatic heterocycles. The average Bonchev–Trinajstić information content (AvgIpc) is 3.49. The van der Waals surface area contributed by atoms with E-state index in [1.165, 1.54) is 60.8 Å². The van der Waals surface area contributed by atoms with Gasteiger partial charge >= 0.3 is 11.8 Å². The molecule has 506 valence electrons. The number of rotatable bonds is 26. The highest BCUT2D eigenvalue weighted by Gasteiger charge is 2.19. The number of hydrogen-bond donors (Lipinski definition) is 2. The lowest BCUT2D eigenvalue weighted by Gasteiger charge is -2.21. The SMILES string of the molecule is CC(C)(C)CCCCOCCCCC(C)(C)C.CC(C)(C)CCNC(=O)C(=O)NCCC(C)(C)C.CC(C)(C)CCOCCOCCOCCC(C)(C)C.CC(C)(C)Cc1ccc(CC(C)(C)C)cc1.CC(C)(C)Cc1cccc(CC(C)(C)C)c1. The molecule has 0 spiro atoms. The fourth-order valence-corrected chi connectivity index (χ4v) is 8.46. The molecular weight excluding hydrogens is 1060 g/mol. The van der Waals surface area contributed by atoms with Gasteiger partial charge in [0.2, 0.25) is 0 Å². The molecule has 0 aliphatic rings. The van der Waals surface area contributed by atoms with Crippen LogP contribution in [0.5, 0.6) is 0 Å². The molecular formula is C78H148N2O6. The fraction of sp³-hybridized carbons (Fsp3) is 0.821. The summed E-state index contributed by atoms with van der Waals surface area (Å²) in [4.78, 5) is 22.9. The molecule has 2 aromatic rings. The molecule has 0 fully saturated rings. The predicted octanol–water partition coefficient (Wildman–Crippen LogP) is 21.2. The molecule has 0 radical (unpaired) electrons. The van der Waals surface area contributed by atoms with Gasteiger partial charge in [-0.25, -0.2) is 0 Å². The highest BCUT2D eigenvalue weighted by Crippen LogP contribution is 2.28. The summed E-state index contributed by atoms with van der Waals surface area (Å²) in [6.07, 6.45) is 16.2. The monoisotopic (exact) mass is 1210 g/mol. The summed E-state index contributed by atoms with van der Waals surface area (Å²) in [5, 5.41) is 5.27. The molecule has 0 atom stereocenters. The van der Waals surface area contributed by atoms with Gasteiger partial charge in [0.15, 0.2) is 0 Å². The number of benzene rings is 2. The van der Waals surface area contributed by atoms with Crippen LogP contribution < -0.4 is 10.6 Å². The second-order valence-corrected chi connectivity index (χ2v) is 36.8. The van der Waals surface area contributed by atoms with Crippen LogP contribution in [0.2, 0.25) is 0 Å². The third-order valence-corrected chi connectivity index (χ3v) is 13.1. The van der Waals surface area contributed by atoms with E-state index in [0.29, 0.717) is 82.8 Å². The number of carbonyl (C=O) groups is 2. The van der Waals surface area contributed by atoms with Gasteiger partial charge in [0.25, 0.3) is 0 Å². The molecule has 8 nitrogen and oxygen atoms in total. The summed E-state index contributed by atoms with van der Waals surface area (Å²) in [7, 11) is 0. The van der Waals surface area contributed by atoms with Crippen LogP contribution in [0.15, 0.2) is 48.5 Å². The van der Waals surface area contributed by atoms with Gasteiger partial charge in [-0.1, -0.05) is 269 Å². The molecule has 2 amide bonds. The summed E-state index contributed by atoms with van der Waals surface area (Å²) in [5.41, 5.74) is 9.32. The molecule has 2 rings (SSSR count). The number of amides is 2. The van der Waals surface area contributed by atoms with Gasteiger partial charge in [0.1, 0.15) is 0 Å². The van der Waals surface area contributed by atoms with Gasteiger partial charge in [0.05, 0.1) is 26.4 Å². The van der Waals surface area contributed by atoms with Crippen molar-refractivity contribution in [3.63, 3.8) is 0 Å². The van der Waals surface area contributed by atoms with Crippen molar-refractivity contribution in [2.75, 3.05) is 65.9 Å². The molecule has 0 saturated heterocycles. The number of ether oxygens (including phenoxy) is 4. The minimum atomic E-state index is -0.534. The third kappa shape index (κ3) is 72.0. The molecule has 0 bridgehead atoms. The van der Waals surface area contributed by atoms with E-state index in [-0.39, 0.29) is 10.8 Å². The first-order valence-electron chi connectivity index (χ1n) is 33.8. The minimum Gasteiger partial charge on any atom is -0.381 e. The van der Waals surface area contributed by atoms with Crippen LogP contribution in [0.25, 0.3) is 0 Å². The molecule has 86 heavy (non-hydrogen) atoms. The van der Waals surface area contributed by atoms with Crippen LogP contribution in [-0.2, 0) is 54.2 Å². The van der Waals surface area contributed by atoms with Crippen molar-refractivity contribution in [3.8, 4) is 0 Å². The van der Waals surface area contributed by atoms with Gasteiger partial charge in [-0.05, 0) is 153 Å². The van der Waals surface area contributed by atoms with Gasteiger partial charge in [0, 0.05) is 39.5 Å². The van der Waals surface area contributed by atoms with Crippen molar-refractivity contribution < 1.29 is 28.5 Å². The molecule has 2 N–H and O–H groups in total. The van der Waals surface area contributed by atoms with E-state index in [1.807, 2.05) is 0 Å². The third-order valence-electron chi connectivity index (χ3n) is 13.1. The van der Waals surface area contributed by atoms with Crippen molar-refractivity contribution >= 4 is 11.8 Å². The summed E-state index contributed by atoms with van der Waals surface area (Å²) in [5.74, 6) is -1.07.